The van der Waals surface area contributed by atoms with E-state index in [-0.39, 0.29) is 12.1 Å². The third-order valence-corrected chi connectivity index (χ3v) is 4.50. The quantitative estimate of drug-likeness (QED) is 0.859. The van der Waals surface area contributed by atoms with Crippen molar-refractivity contribution in [3.63, 3.8) is 0 Å². The van der Waals surface area contributed by atoms with Gasteiger partial charge in [0.05, 0.1) is 18.8 Å². The molecule has 3 nitrogen and oxygen atoms in total. The van der Waals surface area contributed by atoms with Gasteiger partial charge in [0.2, 0.25) is 0 Å². The van der Waals surface area contributed by atoms with Crippen molar-refractivity contribution in [2.24, 2.45) is 0 Å². The van der Waals surface area contributed by atoms with Crippen molar-refractivity contribution in [2.45, 2.75) is 38.0 Å². The summed E-state index contributed by atoms with van der Waals surface area (Å²) in [5, 5.41) is 13.7. The molecule has 0 fully saturated rings. The van der Waals surface area contributed by atoms with Crippen LogP contribution in [0.15, 0.2) is 54.6 Å². The Morgan fingerprint density at radius 1 is 1.13 bits per heavy atom. The third-order valence-electron chi connectivity index (χ3n) is 4.50. The summed E-state index contributed by atoms with van der Waals surface area (Å²) in [6.45, 7) is 3.50. The first-order valence-electron chi connectivity index (χ1n) is 8.40. The van der Waals surface area contributed by atoms with E-state index in [2.05, 4.69) is 36.5 Å². The molecule has 0 amide bonds. The number of aliphatic hydroxyl groups is 1. The first kappa shape index (κ1) is 16.2. The lowest BCUT2D eigenvalue weighted by Gasteiger charge is -2.29. The smallest absolute Gasteiger partial charge is 0.0914 e. The highest BCUT2D eigenvalue weighted by Crippen LogP contribution is 2.30. The summed E-state index contributed by atoms with van der Waals surface area (Å²) >= 11 is 0. The molecular weight excluding hydrogens is 286 g/mol. The third kappa shape index (κ3) is 4.20. The van der Waals surface area contributed by atoms with Crippen LogP contribution in [0, 0.1) is 0 Å². The fraction of sp³-hybridized carbons (Fsp3) is 0.400. The van der Waals surface area contributed by atoms with Crippen LogP contribution < -0.4 is 5.32 Å². The molecule has 2 aromatic carbocycles. The van der Waals surface area contributed by atoms with Crippen LogP contribution >= 0.6 is 0 Å². The second kappa shape index (κ2) is 7.73. The molecule has 3 atom stereocenters. The van der Waals surface area contributed by atoms with E-state index in [9.17, 15) is 5.11 Å². The minimum absolute atomic E-state index is 0.149. The summed E-state index contributed by atoms with van der Waals surface area (Å²) in [7, 11) is 0. The maximum atomic E-state index is 10.2. The average Bonchev–Trinajstić information content (AvgIpc) is 2.61. The van der Waals surface area contributed by atoms with Crippen LogP contribution in [0.3, 0.4) is 0 Å². The Morgan fingerprint density at radius 3 is 2.70 bits per heavy atom. The molecule has 2 N–H and O–H groups in total. The number of aliphatic hydroxyl groups excluding tert-OH is 1. The summed E-state index contributed by atoms with van der Waals surface area (Å²) in [6, 6.07) is 18.6. The van der Waals surface area contributed by atoms with Gasteiger partial charge in [0.15, 0.2) is 0 Å². The van der Waals surface area contributed by atoms with Crippen molar-refractivity contribution < 1.29 is 9.84 Å². The number of nitrogens with one attached hydrogen (secondary N) is 1. The zero-order valence-corrected chi connectivity index (χ0v) is 13.6. The van der Waals surface area contributed by atoms with Gasteiger partial charge in [-0.05, 0) is 36.5 Å². The second-order valence-electron chi connectivity index (χ2n) is 6.28. The molecule has 0 saturated heterocycles. The van der Waals surface area contributed by atoms with Crippen molar-refractivity contribution in [3.8, 4) is 0 Å². The van der Waals surface area contributed by atoms with Crippen LogP contribution in [0.5, 0.6) is 0 Å². The standard InChI is InChI=1S/C20H25NO2/c1-15(21-14-19(22)17-8-3-2-4-9-17)13-20-18-10-6-5-7-16(18)11-12-23-20/h2-10,15,19-22H,11-14H2,1H3. The minimum atomic E-state index is -0.474. The normalized spacial score (nSPS) is 19.8. The number of hydrogen-bond acceptors (Lipinski definition) is 3. The van der Waals surface area contributed by atoms with Crippen LogP contribution in [0.4, 0.5) is 0 Å². The monoisotopic (exact) mass is 311 g/mol. The van der Waals surface area contributed by atoms with Gasteiger partial charge < -0.3 is 15.2 Å². The number of hydrogen-bond donors (Lipinski definition) is 2. The van der Waals surface area contributed by atoms with E-state index in [1.54, 1.807) is 0 Å². The lowest BCUT2D eigenvalue weighted by atomic mass is 9.94. The highest BCUT2D eigenvalue weighted by atomic mass is 16.5. The van der Waals surface area contributed by atoms with Gasteiger partial charge in [-0.3, -0.25) is 0 Å². The highest BCUT2D eigenvalue weighted by Gasteiger charge is 2.22. The van der Waals surface area contributed by atoms with E-state index >= 15 is 0 Å². The molecular formula is C20H25NO2. The van der Waals surface area contributed by atoms with Gasteiger partial charge >= 0.3 is 0 Å². The van der Waals surface area contributed by atoms with Crippen molar-refractivity contribution in [1.29, 1.82) is 0 Å². The number of benzene rings is 2. The Balaban J connectivity index is 1.53. The van der Waals surface area contributed by atoms with Crippen molar-refractivity contribution in [1.82, 2.24) is 5.32 Å². The molecule has 0 saturated carbocycles. The minimum Gasteiger partial charge on any atom is -0.387 e. The Kier molecular flexibility index (Phi) is 5.44. The SMILES string of the molecule is CC(CC1OCCc2ccccc21)NCC(O)c1ccccc1. The second-order valence-corrected chi connectivity index (χ2v) is 6.28. The van der Waals surface area contributed by atoms with Gasteiger partial charge in [-0.2, -0.15) is 0 Å². The summed E-state index contributed by atoms with van der Waals surface area (Å²) in [4.78, 5) is 0. The Morgan fingerprint density at radius 2 is 1.87 bits per heavy atom. The summed E-state index contributed by atoms with van der Waals surface area (Å²) in [5.74, 6) is 0. The van der Waals surface area contributed by atoms with Crippen LogP contribution in [-0.2, 0) is 11.2 Å². The molecule has 2 aromatic rings. The molecule has 0 bridgehead atoms. The highest BCUT2D eigenvalue weighted by molar-refractivity contribution is 5.31. The molecule has 3 unspecified atom stereocenters. The molecule has 1 aliphatic heterocycles. The molecule has 3 heteroatoms. The summed E-state index contributed by atoms with van der Waals surface area (Å²) in [6.07, 6.45) is 1.59. The van der Waals surface area contributed by atoms with Crippen molar-refractivity contribution in [3.05, 3.63) is 71.3 Å². The van der Waals surface area contributed by atoms with Crippen LogP contribution in [-0.4, -0.2) is 24.3 Å². The molecule has 1 aliphatic rings. The average molecular weight is 311 g/mol. The Bertz CT molecular complexity index is 614. The Labute approximate surface area is 138 Å². The molecule has 1 heterocycles. The van der Waals surface area contributed by atoms with Crippen LogP contribution in [0.2, 0.25) is 0 Å². The molecule has 122 valence electrons. The van der Waals surface area contributed by atoms with E-state index in [0.29, 0.717) is 6.54 Å². The summed E-state index contributed by atoms with van der Waals surface area (Å²) < 4.78 is 5.96. The van der Waals surface area contributed by atoms with Gasteiger partial charge in [0.1, 0.15) is 0 Å². The molecule has 0 aromatic heterocycles. The van der Waals surface area contributed by atoms with Crippen molar-refractivity contribution >= 4 is 0 Å². The lowest BCUT2D eigenvalue weighted by Crippen LogP contribution is -2.33. The van der Waals surface area contributed by atoms with Crippen LogP contribution in [0.1, 0.15) is 42.2 Å². The topological polar surface area (TPSA) is 41.5 Å². The molecule has 0 radical (unpaired) electrons. The molecule has 3 rings (SSSR count). The molecule has 0 aliphatic carbocycles. The maximum absolute atomic E-state index is 10.2. The van der Waals surface area contributed by atoms with E-state index < -0.39 is 6.10 Å². The lowest BCUT2D eigenvalue weighted by molar-refractivity contribution is 0.0296. The maximum Gasteiger partial charge on any atom is 0.0914 e. The number of rotatable bonds is 6. The van der Waals surface area contributed by atoms with Crippen LogP contribution in [0.25, 0.3) is 0 Å². The molecule has 23 heavy (non-hydrogen) atoms. The van der Waals surface area contributed by atoms with Gasteiger partial charge in [-0.1, -0.05) is 54.6 Å². The predicted molar refractivity (Wildman–Crippen MR) is 92.3 cm³/mol. The van der Waals surface area contributed by atoms with Gasteiger partial charge in [-0.15, -0.1) is 0 Å². The predicted octanol–water partition coefficient (Wildman–Crippen LogP) is 3.40. The fourth-order valence-electron chi connectivity index (χ4n) is 3.18. The van der Waals surface area contributed by atoms with E-state index in [0.717, 1.165) is 25.0 Å². The zero-order chi connectivity index (χ0) is 16.1. The zero-order valence-electron chi connectivity index (χ0n) is 13.6. The van der Waals surface area contributed by atoms with E-state index in [1.165, 1.54) is 11.1 Å². The van der Waals surface area contributed by atoms with Gasteiger partial charge in [-0.25, -0.2) is 0 Å². The Hall–Kier alpha value is -1.68. The van der Waals surface area contributed by atoms with Gasteiger partial charge in [0, 0.05) is 12.6 Å². The van der Waals surface area contributed by atoms with E-state index in [4.69, 9.17) is 4.74 Å². The first-order chi connectivity index (χ1) is 11.2. The van der Waals surface area contributed by atoms with Crippen molar-refractivity contribution in [2.75, 3.05) is 13.2 Å². The number of fused-ring (bicyclic) bond motifs is 1. The van der Waals surface area contributed by atoms with Gasteiger partial charge in [0.25, 0.3) is 0 Å². The largest absolute Gasteiger partial charge is 0.387 e. The van der Waals surface area contributed by atoms with E-state index in [1.807, 2.05) is 30.3 Å². The first-order valence-corrected chi connectivity index (χ1v) is 8.40. The summed E-state index contributed by atoms with van der Waals surface area (Å²) in [5.41, 5.74) is 3.67. The number of ether oxygens (including phenoxy) is 1. The molecule has 0 spiro atoms. The fourth-order valence-corrected chi connectivity index (χ4v) is 3.18.